The lowest BCUT2D eigenvalue weighted by molar-refractivity contribution is 0.159. The van der Waals surface area contributed by atoms with Crippen molar-refractivity contribution in [3.63, 3.8) is 0 Å². The molecule has 2 aliphatic heterocycles. The van der Waals surface area contributed by atoms with E-state index in [0.717, 1.165) is 25.2 Å². The summed E-state index contributed by atoms with van der Waals surface area (Å²) >= 11 is 0. The molecule has 2 N–H and O–H groups in total. The van der Waals surface area contributed by atoms with Crippen molar-refractivity contribution in [2.24, 2.45) is 5.92 Å². The number of likely N-dealkylation sites (tertiary alicyclic amines) is 1. The highest BCUT2D eigenvalue weighted by Gasteiger charge is 2.33. The molecule has 5 heteroatoms. The first-order chi connectivity index (χ1) is 9.72. The summed E-state index contributed by atoms with van der Waals surface area (Å²) in [5.41, 5.74) is 0.991. The number of nitrogens with one attached hydrogen (secondary N) is 1. The fourth-order valence-electron chi connectivity index (χ4n) is 3.55. The van der Waals surface area contributed by atoms with E-state index in [0.29, 0.717) is 18.9 Å². The number of rotatable bonds is 3. The van der Waals surface area contributed by atoms with Gasteiger partial charge in [-0.3, -0.25) is 4.90 Å². The number of hydrogen-bond acceptors (Lipinski definition) is 3. The molecule has 2 fully saturated rings. The minimum absolute atomic E-state index is 0. The molecule has 118 valence electrons. The normalized spacial score (nSPS) is 30.1. The maximum absolute atomic E-state index is 13.4. The standard InChI is InChI=1S/C16H23FN2O.ClH/c17-14-5-1-4-13(7-14)16-8-15(20)11-19(16)10-12-3-2-6-18-9-12;/h1,4-5,7,12,15-16,18,20H,2-3,6,8-11H2;1H. The Balaban J connectivity index is 0.00000161. The second-order valence-corrected chi connectivity index (χ2v) is 6.13. The van der Waals surface area contributed by atoms with Crippen LogP contribution >= 0.6 is 12.4 Å². The van der Waals surface area contributed by atoms with Crippen LogP contribution in [0.1, 0.15) is 30.9 Å². The number of aliphatic hydroxyl groups is 1. The van der Waals surface area contributed by atoms with Crippen molar-refractivity contribution in [2.75, 3.05) is 26.2 Å². The van der Waals surface area contributed by atoms with Crippen LogP contribution in [0, 0.1) is 11.7 Å². The van der Waals surface area contributed by atoms with E-state index in [1.807, 2.05) is 6.07 Å². The minimum atomic E-state index is -0.292. The first-order valence-electron chi connectivity index (χ1n) is 7.60. The van der Waals surface area contributed by atoms with Crippen LogP contribution < -0.4 is 5.32 Å². The van der Waals surface area contributed by atoms with Crippen molar-refractivity contribution in [1.82, 2.24) is 10.2 Å². The molecule has 21 heavy (non-hydrogen) atoms. The Morgan fingerprint density at radius 1 is 1.38 bits per heavy atom. The van der Waals surface area contributed by atoms with Crippen LogP contribution in [-0.2, 0) is 0 Å². The lowest BCUT2D eigenvalue weighted by Gasteiger charge is -2.31. The van der Waals surface area contributed by atoms with Gasteiger partial charge in [-0.1, -0.05) is 12.1 Å². The average molecular weight is 315 g/mol. The molecule has 1 aromatic rings. The van der Waals surface area contributed by atoms with Crippen molar-refractivity contribution in [2.45, 2.75) is 31.4 Å². The van der Waals surface area contributed by atoms with Gasteiger partial charge in [-0.25, -0.2) is 4.39 Å². The Hall–Kier alpha value is -0.680. The van der Waals surface area contributed by atoms with Gasteiger partial charge in [-0.05, 0) is 56.0 Å². The summed E-state index contributed by atoms with van der Waals surface area (Å²) in [4.78, 5) is 2.33. The third-order valence-electron chi connectivity index (χ3n) is 4.51. The molecule has 0 radical (unpaired) electrons. The van der Waals surface area contributed by atoms with Crippen LogP contribution in [0.25, 0.3) is 0 Å². The van der Waals surface area contributed by atoms with Crippen LogP contribution in [0.5, 0.6) is 0 Å². The first kappa shape index (κ1) is 16.7. The Morgan fingerprint density at radius 3 is 2.95 bits per heavy atom. The average Bonchev–Trinajstić information content (AvgIpc) is 2.81. The molecule has 2 heterocycles. The van der Waals surface area contributed by atoms with E-state index >= 15 is 0 Å². The fraction of sp³-hybridized carbons (Fsp3) is 0.625. The second-order valence-electron chi connectivity index (χ2n) is 6.13. The van der Waals surface area contributed by atoms with Gasteiger partial charge in [0.15, 0.2) is 0 Å². The van der Waals surface area contributed by atoms with Crippen molar-refractivity contribution in [3.8, 4) is 0 Å². The number of nitrogens with zero attached hydrogens (tertiary/aromatic N) is 1. The summed E-state index contributed by atoms with van der Waals surface area (Å²) < 4.78 is 13.4. The zero-order valence-electron chi connectivity index (χ0n) is 12.2. The van der Waals surface area contributed by atoms with Gasteiger partial charge in [-0.15, -0.1) is 12.4 Å². The lowest BCUT2D eigenvalue weighted by Crippen LogP contribution is -2.38. The molecule has 3 rings (SSSR count). The number of halogens is 2. The predicted molar refractivity (Wildman–Crippen MR) is 84.2 cm³/mol. The molecular formula is C16H24ClFN2O. The second kappa shape index (κ2) is 7.54. The van der Waals surface area contributed by atoms with E-state index in [4.69, 9.17) is 0 Å². The smallest absolute Gasteiger partial charge is 0.123 e. The molecule has 3 atom stereocenters. The Bertz CT molecular complexity index is 454. The molecule has 0 saturated carbocycles. The van der Waals surface area contributed by atoms with E-state index in [1.54, 1.807) is 12.1 Å². The van der Waals surface area contributed by atoms with Gasteiger partial charge in [0.25, 0.3) is 0 Å². The lowest BCUT2D eigenvalue weighted by atomic mass is 9.97. The maximum Gasteiger partial charge on any atom is 0.123 e. The monoisotopic (exact) mass is 314 g/mol. The van der Waals surface area contributed by atoms with Gasteiger partial charge in [0, 0.05) is 19.1 Å². The summed E-state index contributed by atoms with van der Waals surface area (Å²) in [7, 11) is 0. The number of hydrogen-bond donors (Lipinski definition) is 2. The molecule has 0 bridgehead atoms. The van der Waals surface area contributed by atoms with Gasteiger partial charge < -0.3 is 10.4 Å². The molecule has 3 unspecified atom stereocenters. The molecule has 0 aliphatic carbocycles. The molecule has 1 aromatic carbocycles. The molecule has 2 aliphatic rings. The zero-order chi connectivity index (χ0) is 13.9. The molecule has 0 spiro atoms. The van der Waals surface area contributed by atoms with Crippen molar-refractivity contribution in [3.05, 3.63) is 35.6 Å². The van der Waals surface area contributed by atoms with Gasteiger partial charge in [0.05, 0.1) is 6.10 Å². The Labute approximate surface area is 131 Å². The molecule has 3 nitrogen and oxygen atoms in total. The van der Waals surface area contributed by atoms with Crippen molar-refractivity contribution < 1.29 is 9.50 Å². The molecule has 0 aromatic heterocycles. The maximum atomic E-state index is 13.4. The number of benzene rings is 1. The van der Waals surface area contributed by atoms with Crippen molar-refractivity contribution >= 4 is 12.4 Å². The largest absolute Gasteiger partial charge is 0.392 e. The highest BCUT2D eigenvalue weighted by Crippen LogP contribution is 2.33. The molecule has 0 amide bonds. The van der Waals surface area contributed by atoms with Gasteiger partial charge in [0.1, 0.15) is 5.82 Å². The Morgan fingerprint density at radius 2 is 2.24 bits per heavy atom. The fourth-order valence-corrected chi connectivity index (χ4v) is 3.55. The predicted octanol–water partition coefficient (Wildman–Crippen LogP) is 2.35. The van der Waals surface area contributed by atoms with E-state index < -0.39 is 0 Å². The summed E-state index contributed by atoms with van der Waals surface area (Å²) in [5.74, 6) is 0.452. The van der Waals surface area contributed by atoms with Gasteiger partial charge in [0.2, 0.25) is 0 Å². The van der Waals surface area contributed by atoms with Crippen LogP contribution in [0.15, 0.2) is 24.3 Å². The van der Waals surface area contributed by atoms with Crippen LogP contribution in [0.3, 0.4) is 0 Å². The van der Waals surface area contributed by atoms with Crippen LogP contribution in [-0.4, -0.2) is 42.3 Å². The Kier molecular flexibility index (Phi) is 5.99. The summed E-state index contributed by atoms with van der Waals surface area (Å²) in [6.45, 7) is 3.87. The van der Waals surface area contributed by atoms with E-state index in [2.05, 4.69) is 10.2 Å². The third-order valence-corrected chi connectivity index (χ3v) is 4.51. The SMILES string of the molecule is Cl.OC1CC(c2cccc(F)c2)N(CC2CCCNC2)C1. The van der Waals surface area contributed by atoms with E-state index in [9.17, 15) is 9.50 Å². The molecule has 2 saturated heterocycles. The van der Waals surface area contributed by atoms with Crippen LogP contribution in [0.2, 0.25) is 0 Å². The minimum Gasteiger partial charge on any atom is -0.392 e. The van der Waals surface area contributed by atoms with E-state index in [-0.39, 0.29) is 30.4 Å². The number of β-amino-alcohol motifs (C(OH)–C–C–N with tert-alkyl or cyclic N) is 1. The summed E-state index contributed by atoms with van der Waals surface area (Å²) in [6, 6.07) is 6.97. The molecular weight excluding hydrogens is 291 g/mol. The first-order valence-corrected chi connectivity index (χ1v) is 7.60. The summed E-state index contributed by atoms with van der Waals surface area (Å²) in [5, 5.41) is 13.4. The highest BCUT2D eigenvalue weighted by atomic mass is 35.5. The third kappa shape index (κ3) is 4.16. The quantitative estimate of drug-likeness (QED) is 0.899. The number of piperidine rings is 1. The van der Waals surface area contributed by atoms with Crippen molar-refractivity contribution in [1.29, 1.82) is 0 Å². The van der Waals surface area contributed by atoms with Crippen LogP contribution in [0.4, 0.5) is 4.39 Å². The topological polar surface area (TPSA) is 35.5 Å². The van der Waals surface area contributed by atoms with Gasteiger partial charge in [-0.2, -0.15) is 0 Å². The van der Waals surface area contributed by atoms with Gasteiger partial charge >= 0.3 is 0 Å². The zero-order valence-corrected chi connectivity index (χ0v) is 13.0. The summed E-state index contributed by atoms with van der Waals surface area (Å²) in [6.07, 6.45) is 2.89. The number of aliphatic hydroxyl groups excluding tert-OH is 1. The highest BCUT2D eigenvalue weighted by molar-refractivity contribution is 5.85. The van der Waals surface area contributed by atoms with E-state index in [1.165, 1.54) is 18.9 Å².